The van der Waals surface area contributed by atoms with Gasteiger partial charge in [0.25, 0.3) is 0 Å². The molecule has 0 aliphatic rings. The average Bonchev–Trinajstić information content (AvgIpc) is 1.38. The fraction of sp³-hybridized carbons (Fsp3) is 1.00. The van der Waals surface area contributed by atoms with Crippen molar-refractivity contribution in [2.75, 3.05) is 0 Å². The zero-order chi connectivity index (χ0) is 4.28. The maximum atomic E-state index is 5.31. The lowest BCUT2D eigenvalue weighted by molar-refractivity contribution is 1.05. The maximum Gasteiger partial charge on any atom is 0.0914 e. The summed E-state index contributed by atoms with van der Waals surface area (Å²) >= 11 is 0. The molecule has 0 heterocycles. The molecule has 0 aromatic carbocycles. The van der Waals surface area contributed by atoms with Crippen LogP contribution in [0.2, 0.25) is 5.54 Å². The lowest BCUT2D eigenvalue weighted by Gasteiger charge is -1.89. The molecule has 0 fully saturated rings. The first-order valence-corrected chi connectivity index (χ1v) is 3.60. The minimum absolute atomic E-state index is 0.151. The summed E-state index contributed by atoms with van der Waals surface area (Å²) in [5.74, 6) is 0. The van der Waals surface area contributed by atoms with Crippen LogP contribution in [0.25, 0.3) is 0 Å². The highest BCUT2D eigenvalue weighted by molar-refractivity contribution is 6.32. The van der Waals surface area contributed by atoms with Crippen molar-refractivity contribution < 1.29 is 0 Å². The molecule has 0 amide bonds. The minimum Gasteiger partial charge on any atom is -0.355 e. The van der Waals surface area contributed by atoms with Crippen molar-refractivity contribution in [1.29, 1.82) is 0 Å². The molecule has 0 bridgehead atoms. The first kappa shape index (κ1) is 5.18. The van der Waals surface area contributed by atoms with Gasteiger partial charge in [0.05, 0.1) is 9.68 Å². The first-order valence-electron chi connectivity index (χ1n) is 1.97. The molecule has 0 aromatic heterocycles. The van der Waals surface area contributed by atoms with E-state index < -0.39 is 0 Å². The van der Waals surface area contributed by atoms with E-state index >= 15 is 0 Å². The monoisotopic (exact) mass is 89.1 g/mol. The van der Waals surface area contributed by atoms with Crippen molar-refractivity contribution in [3.63, 3.8) is 0 Å². The number of hydrogen-bond donors (Lipinski definition) is 1. The molecule has 0 atom stereocenters. The summed E-state index contributed by atoms with van der Waals surface area (Å²) in [6.45, 7) is 4.32. The largest absolute Gasteiger partial charge is 0.355 e. The Morgan fingerprint density at radius 3 is 1.80 bits per heavy atom. The Hall–Kier alpha value is 0.177. The summed E-state index contributed by atoms with van der Waals surface area (Å²) < 4.78 is 0. The molecule has 5 heavy (non-hydrogen) atoms. The Bertz CT molecular complexity index is 20.9. The summed E-state index contributed by atoms with van der Waals surface area (Å²) in [6, 6.07) is 0. The van der Waals surface area contributed by atoms with Crippen LogP contribution in [0.4, 0.5) is 0 Å². The van der Waals surface area contributed by atoms with Gasteiger partial charge in [-0.2, -0.15) is 0 Å². The number of rotatable bonds is 1. The molecule has 0 saturated heterocycles. The van der Waals surface area contributed by atoms with E-state index in [2.05, 4.69) is 13.8 Å². The van der Waals surface area contributed by atoms with Crippen LogP contribution in [-0.4, -0.2) is 9.68 Å². The number of nitrogens with two attached hydrogens (primary N) is 1. The normalized spacial score (nSPS) is 12.0. The quantitative estimate of drug-likeness (QED) is 0.444. The molecule has 0 rings (SSSR count). The van der Waals surface area contributed by atoms with Gasteiger partial charge in [0.15, 0.2) is 0 Å². The first-order chi connectivity index (χ1) is 2.27. The zero-order valence-electron chi connectivity index (χ0n) is 3.86. The standard InChI is InChI=1S/C3H11NSi/c1-3(2)5-4/h3H,4-5H2,1-2H3. The van der Waals surface area contributed by atoms with Crippen molar-refractivity contribution in [1.82, 2.24) is 0 Å². The van der Waals surface area contributed by atoms with Crippen molar-refractivity contribution in [2.24, 2.45) is 5.40 Å². The Kier molecular flexibility index (Phi) is 2.50. The van der Waals surface area contributed by atoms with Gasteiger partial charge < -0.3 is 5.40 Å². The smallest absolute Gasteiger partial charge is 0.0914 e. The van der Waals surface area contributed by atoms with E-state index in [1.165, 1.54) is 0 Å². The van der Waals surface area contributed by atoms with E-state index in [0.717, 1.165) is 5.54 Å². The van der Waals surface area contributed by atoms with Gasteiger partial charge in [0.2, 0.25) is 0 Å². The van der Waals surface area contributed by atoms with E-state index in [1.807, 2.05) is 0 Å². The lowest BCUT2D eigenvalue weighted by atomic mass is 10.6. The van der Waals surface area contributed by atoms with Gasteiger partial charge in [0, 0.05) is 0 Å². The fourth-order valence-corrected chi connectivity index (χ4v) is 0. The van der Waals surface area contributed by atoms with Crippen LogP contribution >= 0.6 is 0 Å². The Balaban J connectivity index is 2.54. The second kappa shape index (κ2) is 2.42. The molecule has 0 unspecified atom stereocenters. The van der Waals surface area contributed by atoms with Gasteiger partial charge in [-0.1, -0.05) is 13.8 Å². The van der Waals surface area contributed by atoms with Crippen molar-refractivity contribution in [2.45, 2.75) is 19.4 Å². The van der Waals surface area contributed by atoms with Crippen LogP contribution in [0.5, 0.6) is 0 Å². The second-order valence-electron chi connectivity index (χ2n) is 1.63. The molecular formula is C3H11NSi. The summed E-state index contributed by atoms with van der Waals surface area (Å²) in [7, 11) is -0.151. The third-order valence-corrected chi connectivity index (χ3v) is 1.41. The summed E-state index contributed by atoms with van der Waals surface area (Å²) in [4.78, 5) is 0. The molecule has 32 valence electrons. The van der Waals surface area contributed by atoms with Gasteiger partial charge in [-0.25, -0.2) is 0 Å². The molecule has 1 nitrogen and oxygen atoms in total. The summed E-state index contributed by atoms with van der Waals surface area (Å²) in [5.41, 5.74) is 0.801. The van der Waals surface area contributed by atoms with Gasteiger partial charge >= 0.3 is 0 Å². The summed E-state index contributed by atoms with van der Waals surface area (Å²) in [6.07, 6.45) is 0. The van der Waals surface area contributed by atoms with E-state index in [0.29, 0.717) is 0 Å². The summed E-state index contributed by atoms with van der Waals surface area (Å²) in [5, 5.41) is 5.31. The van der Waals surface area contributed by atoms with E-state index in [-0.39, 0.29) is 9.68 Å². The topological polar surface area (TPSA) is 26.0 Å². The van der Waals surface area contributed by atoms with E-state index in [9.17, 15) is 0 Å². The van der Waals surface area contributed by atoms with Crippen LogP contribution in [0.3, 0.4) is 0 Å². The van der Waals surface area contributed by atoms with E-state index in [4.69, 9.17) is 5.40 Å². The van der Waals surface area contributed by atoms with Crippen LogP contribution in [0.1, 0.15) is 13.8 Å². The third-order valence-electron chi connectivity index (χ3n) is 0.471. The maximum absolute atomic E-state index is 5.31. The van der Waals surface area contributed by atoms with Crippen LogP contribution in [0, 0.1) is 0 Å². The zero-order valence-corrected chi connectivity index (χ0v) is 5.28. The molecule has 0 spiro atoms. The average molecular weight is 89.2 g/mol. The Morgan fingerprint density at radius 1 is 1.60 bits per heavy atom. The van der Waals surface area contributed by atoms with E-state index in [1.54, 1.807) is 0 Å². The third kappa shape index (κ3) is 4.18. The second-order valence-corrected chi connectivity index (χ2v) is 3.73. The van der Waals surface area contributed by atoms with Crippen molar-refractivity contribution in [3.8, 4) is 0 Å². The molecule has 2 N–H and O–H groups in total. The number of hydrogen-bond acceptors (Lipinski definition) is 1. The highest BCUT2D eigenvalue weighted by Crippen LogP contribution is 1.89. The lowest BCUT2D eigenvalue weighted by Crippen LogP contribution is -2.06. The Labute approximate surface area is 35.5 Å². The van der Waals surface area contributed by atoms with Gasteiger partial charge in [0.1, 0.15) is 0 Å². The molecule has 2 heteroatoms. The Morgan fingerprint density at radius 2 is 1.80 bits per heavy atom. The van der Waals surface area contributed by atoms with Gasteiger partial charge in [-0.15, -0.1) is 0 Å². The highest BCUT2D eigenvalue weighted by atomic mass is 28.2. The molecule has 0 radical (unpaired) electrons. The van der Waals surface area contributed by atoms with Crippen molar-refractivity contribution in [3.05, 3.63) is 0 Å². The minimum atomic E-state index is -0.151. The predicted octanol–water partition coefficient (Wildman–Crippen LogP) is -0.143. The van der Waals surface area contributed by atoms with Crippen LogP contribution in [0.15, 0.2) is 0 Å². The molecule has 0 aliphatic heterocycles. The fourth-order valence-electron chi connectivity index (χ4n) is 0. The van der Waals surface area contributed by atoms with Crippen molar-refractivity contribution >= 4 is 9.68 Å². The van der Waals surface area contributed by atoms with Gasteiger partial charge in [-0.3, -0.25) is 0 Å². The SMILES string of the molecule is CC(C)[SiH2]N. The highest BCUT2D eigenvalue weighted by Gasteiger charge is 1.82. The molecule has 0 aromatic rings. The van der Waals surface area contributed by atoms with Crippen LogP contribution in [-0.2, 0) is 0 Å². The predicted molar refractivity (Wildman–Crippen MR) is 27.8 cm³/mol. The molecule has 0 saturated carbocycles. The van der Waals surface area contributed by atoms with Gasteiger partial charge in [-0.05, 0) is 5.54 Å². The molecule has 0 aliphatic carbocycles. The molecular weight excluding hydrogens is 78.1 g/mol. The van der Waals surface area contributed by atoms with Crippen LogP contribution < -0.4 is 5.40 Å².